The molecule has 1 aliphatic rings. The molecule has 3 atom stereocenters. The molecule has 0 aromatic heterocycles. The van der Waals surface area contributed by atoms with Crippen LogP contribution in [-0.4, -0.2) is 77.1 Å². The molecule has 0 spiro atoms. The second-order valence-electron chi connectivity index (χ2n) is 7.23. The van der Waals surface area contributed by atoms with Gasteiger partial charge in [0, 0.05) is 12.0 Å². The van der Waals surface area contributed by atoms with Gasteiger partial charge in [0.1, 0.15) is 12.2 Å². The summed E-state index contributed by atoms with van der Waals surface area (Å²) in [6.45, 7) is 0. The molecule has 0 heterocycles. The van der Waals surface area contributed by atoms with E-state index in [0.717, 1.165) is 30.3 Å². The number of aliphatic hydroxyl groups excluding tert-OH is 1. The average Bonchev–Trinajstić information content (AvgIpc) is 2.77. The van der Waals surface area contributed by atoms with Gasteiger partial charge in [-0.15, -0.1) is 0 Å². The van der Waals surface area contributed by atoms with Crippen molar-refractivity contribution in [3.05, 3.63) is 47.0 Å². The molecule has 1 aliphatic carbocycles. The summed E-state index contributed by atoms with van der Waals surface area (Å²) < 4.78 is 10.1. The molecule has 0 radical (unpaired) electrons. The van der Waals surface area contributed by atoms with Crippen molar-refractivity contribution in [2.45, 2.75) is 24.7 Å². The van der Waals surface area contributed by atoms with Gasteiger partial charge in [-0.3, -0.25) is 0 Å². The minimum absolute atomic E-state index is 0.381. The fraction of sp³-hybridized carbons (Fsp3) is 0.190. The number of rotatable bonds is 5. The van der Waals surface area contributed by atoms with Crippen molar-refractivity contribution in [3.8, 4) is 34.5 Å². The van der Waals surface area contributed by atoms with Gasteiger partial charge in [-0.25, -0.2) is 14.4 Å². The Bertz CT molecular complexity index is 1150. The van der Waals surface area contributed by atoms with Gasteiger partial charge in [0.25, 0.3) is 0 Å². The number of phenols is 6. The third kappa shape index (κ3) is 4.73. The van der Waals surface area contributed by atoms with Crippen molar-refractivity contribution in [2.24, 2.45) is 0 Å². The summed E-state index contributed by atoms with van der Waals surface area (Å²) in [7, 11) is 0. The highest BCUT2D eigenvalue weighted by Gasteiger charge is 2.39. The quantitative estimate of drug-likeness (QED) is 0.216. The number of phenolic OH excluding ortho intramolecular Hbond substituents is 6. The van der Waals surface area contributed by atoms with Crippen LogP contribution < -0.4 is 0 Å². The van der Waals surface area contributed by atoms with Gasteiger partial charge < -0.3 is 50.3 Å². The Morgan fingerprint density at radius 2 is 1.15 bits per heavy atom. The van der Waals surface area contributed by atoms with E-state index in [1.165, 1.54) is 0 Å². The summed E-state index contributed by atoms with van der Waals surface area (Å²) in [5, 5.41) is 76.8. The number of hydrogen-bond donors (Lipinski definition) is 8. The average molecular weight is 478 g/mol. The van der Waals surface area contributed by atoms with E-state index in [0.29, 0.717) is 0 Å². The maximum atomic E-state index is 12.4. The SMILES string of the molecule is O=C(O)C1=C[C@@H](OC(=O)c2cc(O)c(O)c(O)c2)[C@@H](O)[C@@H](OC(=O)c2cc(O)c(O)c(O)c2)C1. The van der Waals surface area contributed by atoms with Gasteiger partial charge in [0.15, 0.2) is 40.6 Å². The van der Waals surface area contributed by atoms with Gasteiger partial charge in [-0.1, -0.05) is 0 Å². The lowest BCUT2D eigenvalue weighted by atomic mass is 9.91. The molecule has 0 bridgehead atoms. The van der Waals surface area contributed by atoms with Crippen LogP contribution in [0.4, 0.5) is 0 Å². The normalized spacial score (nSPS) is 19.7. The highest BCUT2D eigenvalue weighted by Crippen LogP contribution is 2.37. The van der Waals surface area contributed by atoms with Crippen molar-refractivity contribution in [1.82, 2.24) is 0 Å². The largest absolute Gasteiger partial charge is 0.504 e. The fourth-order valence-corrected chi connectivity index (χ4v) is 3.13. The summed E-state index contributed by atoms with van der Waals surface area (Å²) in [6, 6.07) is 3.05. The van der Waals surface area contributed by atoms with Crippen LogP contribution in [0.5, 0.6) is 34.5 Å². The molecular formula is C21H18O13. The number of carbonyl (C=O) groups is 3. The molecule has 34 heavy (non-hydrogen) atoms. The fourth-order valence-electron chi connectivity index (χ4n) is 3.13. The minimum Gasteiger partial charge on any atom is -0.504 e. The lowest BCUT2D eigenvalue weighted by Gasteiger charge is -2.32. The maximum Gasteiger partial charge on any atom is 0.339 e. The molecule has 2 aromatic rings. The highest BCUT2D eigenvalue weighted by atomic mass is 16.6. The Hall–Kier alpha value is -4.65. The number of aliphatic hydroxyl groups is 1. The van der Waals surface area contributed by atoms with E-state index in [2.05, 4.69) is 0 Å². The topological polar surface area (TPSA) is 232 Å². The summed E-state index contributed by atoms with van der Waals surface area (Å²) in [4.78, 5) is 36.3. The van der Waals surface area contributed by atoms with E-state index in [1.54, 1.807) is 0 Å². The van der Waals surface area contributed by atoms with Crippen molar-refractivity contribution >= 4 is 17.9 Å². The number of aliphatic carboxylic acids is 1. The van der Waals surface area contributed by atoms with Crippen molar-refractivity contribution < 1.29 is 64.7 Å². The molecule has 0 aliphatic heterocycles. The van der Waals surface area contributed by atoms with E-state index in [9.17, 15) is 55.2 Å². The maximum absolute atomic E-state index is 12.4. The summed E-state index contributed by atoms with van der Waals surface area (Å²) in [6.07, 6.45) is -4.55. The Labute approximate surface area is 189 Å². The van der Waals surface area contributed by atoms with Gasteiger partial charge >= 0.3 is 17.9 Å². The minimum atomic E-state index is -1.77. The van der Waals surface area contributed by atoms with Crippen molar-refractivity contribution in [2.75, 3.05) is 0 Å². The molecule has 0 saturated carbocycles. The number of aromatic hydroxyl groups is 6. The Morgan fingerprint density at radius 3 is 1.56 bits per heavy atom. The van der Waals surface area contributed by atoms with E-state index >= 15 is 0 Å². The number of benzene rings is 2. The first-order valence-corrected chi connectivity index (χ1v) is 9.43. The summed E-state index contributed by atoms with van der Waals surface area (Å²) in [5.74, 6) is -9.03. The van der Waals surface area contributed by atoms with Gasteiger partial charge in [0.05, 0.1) is 11.1 Å². The first kappa shape index (κ1) is 24.0. The molecule has 0 amide bonds. The summed E-state index contributed by atoms with van der Waals surface area (Å²) >= 11 is 0. The molecule has 13 heteroatoms. The van der Waals surface area contributed by atoms with Gasteiger partial charge in [-0.2, -0.15) is 0 Å². The zero-order chi connectivity index (χ0) is 25.3. The predicted molar refractivity (Wildman–Crippen MR) is 108 cm³/mol. The number of hydrogen-bond acceptors (Lipinski definition) is 12. The zero-order valence-electron chi connectivity index (χ0n) is 16.9. The molecule has 0 fully saturated rings. The van der Waals surface area contributed by atoms with E-state index < -0.39 is 88.3 Å². The molecule has 180 valence electrons. The molecule has 0 unspecified atom stereocenters. The van der Waals surface area contributed by atoms with E-state index in [4.69, 9.17) is 9.47 Å². The number of carboxylic acid groups (broad SMARTS) is 1. The van der Waals surface area contributed by atoms with Crippen molar-refractivity contribution in [1.29, 1.82) is 0 Å². The van der Waals surface area contributed by atoms with Crippen LogP contribution in [-0.2, 0) is 14.3 Å². The van der Waals surface area contributed by atoms with Gasteiger partial charge in [0.2, 0.25) is 0 Å². The third-order valence-corrected chi connectivity index (χ3v) is 4.89. The second kappa shape index (κ2) is 9.07. The second-order valence-corrected chi connectivity index (χ2v) is 7.23. The predicted octanol–water partition coefficient (Wildman–Crippen LogP) is 0.447. The molecular weight excluding hydrogens is 460 g/mol. The molecule has 8 N–H and O–H groups in total. The molecule has 0 saturated heterocycles. The first-order valence-electron chi connectivity index (χ1n) is 9.43. The van der Waals surface area contributed by atoms with Crippen LogP contribution in [0, 0.1) is 0 Å². The lowest BCUT2D eigenvalue weighted by Crippen LogP contribution is -2.45. The van der Waals surface area contributed by atoms with Crippen LogP contribution in [0.2, 0.25) is 0 Å². The summed E-state index contributed by atoms with van der Waals surface area (Å²) in [5.41, 5.74) is -1.26. The van der Waals surface area contributed by atoms with Crippen LogP contribution in [0.3, 0.4) is 0 Å². The monoisotopic (exact) mass is 478 g/mol. The lowest BCUT2D eigenvalue weighted by molar-refractivity contribution is -0.134. The standard InChI is InChI=1S/C21H18O13/c22-10-1-8(2-11(23)16(10)26)20(31)33-14-5-7(19(29)30)6-15(18(14)28)34-21(32)9-3-12(24)17(27)13(25)4-9/h1-5,14-15,18,22-28H,6H2,(H,29,30)/t14-,15+,18-/m1/s1. The number of carbonyl (C=O) groups excluding carboxylic acids is 2. The molecule has 3 rings (SSSR count). The van der Waals surface area contributed by atoms with Crippen LogP contribution in [0.1, 0.15) is 27.1 Å². The van der Waals surface area contributed by atoms with E-state index in [1.807, 2.05) is 0 Å². The third-order valence-electron chi connectivity index (χ3n) is 4.89. The number of ether oxygens (including phenoxy) is 2. The molecule has 2 aromatic carbocycles. The Balaban J connectivity index is 1.84. The highest BCUT2D eigenvalue weighted by molar-refractivity contribution is 5.93. The Morgan fingerprint density at radius 1 is 0.735 bits per heavy atom. The smallest absolute Gasteiger partial charge is 0.339 e. The van der Waals surface area contributed by atoms with E-state index in [-0.39, 0.29) is 5.57 Å². The van der Waals surface area contributed by atoms with Crippen LogP contribution in [0.15, 0.2) is 35.9 Å². The molecule has 13 nitrogen and oxygen atoms in total. The van der Waals surface area contributed by atoms with Crippen LogP contribution in [0.25, 0.3) is 0 Å². The zero-order valence-corrected chi connectivity index (χ0v) is 16.9. The number of carboxylic acids is 1. The number of esters is 2. The van der Waals surface area contributed by atoms with Gasteiger partial charge in [-0.05, 0) is 30.3 Å². The van der Waals surface area contributed by atoms with Crippen LogP contribution >= 0.6 is 0 Å². The Kier molecular flexibility index (Phi) is 6.40. The first-order chi connectivity index (χ1) is 15.9. The van der Waals surface area contributed by atoms with Crippen molar-refractivity contribution in [3.63, 3.8) is 0 Å².